The maximum atomic E-state index is 8.30. The van der Waals surface area contributed by atoms with Crippen molar-refractivity contribution in [2.24, 2.45) is 0 Å². The predicted molar refractivity (Wildman–Crippen MR) is 7.84 cm³/mol. The van der Waals surface area contributed by atoms with Crippen molar-refractivity contribution in [2.45, 2.75) is 0 Å². The van der Waals surface area contributed by atoms with Crippen molar-refractivity contribution >= 4 is 18.9 Å². The van der Waals surface area contributed by atoms with Crippen LogP contribution < -0.4 is 0 Å². The van der Waals surface area contributed by atoms with E-state index < -0.39 is 0 Å². The molecule has 5 heteroatoms. The van der Waals surface area contributed by atoms with Crippen molar-refractivity contribution < 1.29 is 97.6 Å². The Labute approximate surface area is 113 Å². The summed E-state index contributed by atoms with van der Waals surface area (Å²) in [5, 5.41) is 0. The third-order valence-corrected chi connectivity index (χ3v) is 0. The fourth-order valence-electron chi connectivity index (χ4n) is 0. The van der Waals surface area contributed by atoms with Gasteiger partial charge in [0.25, 0.3) is 0 Å². The number of hydrogen-bond acceptors (Lipinski definition) is 1. The molecule has 0 aliphatic heterocycles. The van der Waals surface area contributed by atoms with Crippen molar-refractivity contribution in [3.05, 3.63) is 0 Å². The van der Waals surface area contributed by atoms with Gasteiger partial charge < -0.3 is 0 Å². The van der Waals surface area contributed by atoms with Crippen LogP contribution in [0.3, 0.4) is 0 Å². The van der Waals surface area contributed by atoms with Crippen LogP contribution in [0, 0.1) is 73.3 Å². The van der Waals surface area contributed by atoms with Gasteiger partial charge in [-0.3, -0.25) is 0 Å². The second-order valence-electron chi connectivity index (χ2n) is 0. The summed E-state index contributed by atoms with van der Waals surface area (Å²) in [6.45, 7) is 0. The van der Waals surface area contributed by atoms with E-state index in [0.29, 0.717) is 21.0 Å². The Morgan fingerprint density at radius 1 is 1.20 bits per heavy atom. The van der Waals surface area contributed by atoms with Gasteiger partial charge in [0.1, 0.15) is 0 Å². The van der Waals surface area contributed by atoms with Crippen molar-refractivity contribution in [3.8, 4) is 0 Å². The average Bonchev–Trinajstić information content (AvgIpc) is 1.00. The van der Waals surface area contributed by atoms with Crippen molar-refractivity contribution in [2.75, 3.05) is 0 Å². The van der Waals surface area contributed by atoms with E-state index in [1.54, 1.807) is 0 Å². The normalized spacial score (nSPS) is 0.600. The van der Waals surface area contributed by atoms with Gasteiger partial charge in [-0.1, -0.05) is 0 Å². The molecule has 0 saturated heterocycles. The minimum atomic E-state index is 0. The van der Waals surface area contributed by atoms with Gasteiger partial charge in [-0.2, -0.15) is 0 Å². The van der Waals surface area contributed by atoms with E-state index in [-0.39, 0.29) is 92.2 Å². The summed E-state index contributed by atoms with van der Waals surface area (Å²) in [5.74, 6) is 0. The Morgan fingerprint density at radius 2 is 1.20 bits per heavy atom. The molecule has 0 unspecified atom stereocenters. The molecule has 1 radical (unpaired) electrons. The van der Waals surface area contributed by atoms with E-state index in [4.69, 9.17) is 3.25 Å². The van der Waals surface area contributed by atoms with Crippen LogP contribution >= 0.6 is 0 Å². The Morgan fingerprint density at radius 3 is 1.20 bits per heavy atom. The first-order chi connectivity index (χ1) is 1.00. The molecule has 0 aliphatic carbocycles. The third-order valence-electron chi connectivity index (χ3n) is 0. The first-order valence-electron chi connectivity index (χ1n) is 0.183. The topological polar surface area (TPSA) is 17.1 Å². The molecule has 0 spiro atoms. The Kier molecular flexibility index (Phi) is 120. The fourth-order valence-corrected chi connectivity index (χ4v) is 0. The van der Waals surface area contributed by atoms with E-state index in [0.717, 1.165) is 0 Å². The summed E-state index contributed by atoms with van der Waals surface area (Å²) >= 11 is 0.500. The zero-order valence-corrected chi connectivity index (χ0v) is 8.32. The molecular formula is HArLaLiNbO. The van der Waals surface area contributed by atoms with Crippen LogP contribution in [0.15, 0.2) is 0 Å². The summed E-state index contributed by atoms with van der Waals surface area (Å²) < 4.78 is 8.30. The molecule has 0 aliphatic rings. The molecule has 0 saturated carbocycles. The van der Waals surface area contributed by atoms with Crippen LogP contribution in [-0.4, -0.2) is 18.9 Å². The summed E-state index contributed by atoms with van der Waals surface area (Å²) in [6.07, 6.45) is 0. The van der Waals surface area contributed by atoms with E-state index in [9.17, 15) is 0 Å². The van der Waals surface area contributed by atoms with Crippen LogP contribution in [-0.2, 0) is 24.3 Å². The van der Waals surface area contributed by atoms with Gasteiger partial charge in [-0.05, 0) is 0 Å². The van der Waals surface area contributed by atoms with E-state index in [1.165, 1.54) is 0 Å². The molecule has 0 N–H and O–H groups in total. The predicted octanol–water partition coefficient (Wildman–Crippen LogP) is -0.770. The van der Waals surface area contributed by atoms with Gasteiger partial charge >= 0.3 is 43.2 Å². The summed E-state index contributed by atoms with van der Waals surface area (Å²) in [7, 11) is 0. The quantitative estimate of drug-likeness (QED) is 0.537. The third kappa shape index (κ3) is 18.4. The fraction of sp³-hybridized carbons (Fsp3) is 0. The van der Waals surface area contributed by atoms with Gasteiger partial charge in [0.2, 0.25) is 0 Å². The van der Waals surface area contributed by atoms with Crippen LogP contribution in [0.5, 0.6) is 0 Å². The molecule has 0 bridgehead atoms. The first kappa shape index (κ1) is 23.5. The average molecular weight is 296 g/mol. The van der Waals surface area contributed by atoms with Crippen molar-refractivity contribution in [1.82, 2.24) is 0 Å². The first-order valence-corrected chi connectivity index (χ1v) is 1.08. The Hall–Kier alpha value is 3.59. The molecule has 0 aromatic carbocycles. The van der Waals surface area contributed by atoms with Gasteiger partial charge in [0.05, 0.1) is 0 Å². The van der Waals surface area contributed by atoms with Crippen molar-refractivity contribution in [1.29, 1.82) is 0 Å². The van der Waals surface area contributed by atoms with Crippen LogP contribution in [0.1, 0.15) is 0 Å². The minimum absolute atomic E-state index is 0. The molecule has 0 heterocycles. The zero-order chi connectivity index (χ0) is 2.00. The number of rotatable bonds is 0. The summed E-state index contributed by atoms with van der Waals surface area (Å²) in [6, 6.07) is 0. The van der Waals surface area contributed by atoms with Crippen LogP contribution in [0.4, 0.5) is 0 Å². The summed E-state index contributed by atoms with van der Waals surface area (Å²) in [4.78, 5) is 0. The molecule has 0 amide bonds. The van der Waals surface area contributed by atoms with Gasteiger partial charge in [0, 0.05) is 73.3 Å². The molecule has 0 aromatic heterocycles. The zero-order valence-electron chi connectivity index (χ0n) is 1.79. The van der Waals surface area contributed by atoms with Gasteiger partial charge in [-0.25, -0.2) is 0 Å². The molecule has 0 rings (SSSR count). The second kappa shape index (κ2) is 25.6. The molecule has 1 nitrogen and oxygen atoms in total. The monoisotopic (exact) mass is 296 g/mol. The van der Waals surface area contributed by atoms with Gasteiger partial charge in [0.15, 0.2) is 0 Å². The van der Waals surface area contributed by atoms with Crippen LogP contribution in [0.25, 0.3) is 0 Å². The van der Waals surface area contributed by atoms with Gasteiger partial charge in [-0.15, -0.1) is 0 Å². The van der Waals surface area contributed by atoms with E-state index >= 15 is 0 Å². The standard InChI is InChI=1S/Ar.La.Li.Nb.O.H. The Balaban J connectivity index is -0.00000000167. The maximum absolute atomic E-state index is 8.30. The van der Waals surface area contributed by atoms with Crippen molar-refractivity contribution in [3.63, 3.8) is 0 Å². The molecule has 0 atom stereocenters. The number of hydrogen-bond donors (Lipinski definition) is 0. The molecular weight excluding hydrogens is 295 g/mol. The Bertz CT molecular complexity index is 11.6. The molecule has 0 aromatic rings. The van der Waals surface area contributed by atoms with E-state index in [2.05, 4.69) is 0 Å². The summed E-state index contributed by atoms with van der Waals surface area (Å²) in [5.41, 5.74) is 0. The molecule has 24 valence electrons. The molecule has 5 heavy (non-hydrogen) atoms. The van der Waals surface area contributed by atoms with Crippen LogP contribution in [0.2, 0.25) is 0 Å². The second-order valence-corrected chi connectivity index (χ2v) is 0. The SMILES string of the molecule is [Ar].[La].[LiH].[O]=[Nb]. The molecule has 0 fully saturated rings. The van der Waals surface area contributed by atoms with E-state index in [1.807, 2.05) is 0 Å².